The second-order valence-corrected chi connectivity index (χ2v) is 5.95. The fourth-order valence-corrected chi connectivity index (χ4v) is 3.57. The smallest absolute Gasteiger partial charge is 0.337 e. The van der Waals surface area contributed by atoms with Crippen molar-refractivity contribution in [1.82, 2.24) is 0 Å². The van der Waals surface area contributed by atoms with Crippen molar-refractivity contribution >= 4 is 37.5 Å². The van der Waals surface area contributed by atoms with E-state index in [-0.39, 0.29) is 11.0 Å². The molecule has 0 saturated heterocycles. The van der Waals surface area contributed by atoms with E-state index >= 15 is 0 Å². The highest BCUT2D eigenvalue weighted by Crippen LogP contribution is 2.33. The molecule has 1 heterocycles. The minimum absolute atomic E-state index is 0.131. The van der Waals surface area contributed by atoms with Gasteiger partial charge in [0, 0.05) is 10.1 Å². The zero-order chi connectivity index (χ0) is 15.7. The zero-order valence-electron chi connectivity index (χ0n) is 12.0. The monoisotopic (exact) mass is 314 g/mol. The van der Waals surface area contributed by atoms with Crippen molar-refractivity contribution in [3.8, 4) is 5.75 Å². The first kappa shape index (κ1) is 14.5. The Balaban J connectivity index is 2.45. The number of aromatic carboxylic acids is 1. The molecule has 1 aromatic heterocycles. The van der Waals surface area contributed by atoms with Crippen LogP contribution in [0.25, 0.3) is 20.2 Å². The van der Waals surface area contributed by atoms with Crippen molar-refractivity contribution in [3.05, 3.63) is 52.2 Å². The summed E-state index contributed by atoms with van der Waals surface area (Å²) in [6, 6.07) is 10.3. The molecule has 0 atom stereocenters. The minimum atomic E-state index is -1.04. The molecule has 4 nitrogen and oxygen atoms in total. The van der Waals surface area contributed by atoms with E-state index in [1.165, 1.54) is 17.4 Å². The molecule has 0 fully saturated rings. The Kier molecular flexibility index (Phi) is 3.81. The number of hydrogen-bond acceptors (Lipinski definition) is 4. The summed E-state index contributed by atoms with van der Waals surface area (Å²) in [7, 11) is 0. The Labute approximate surface area is 130 Å². The predicted molar refractivity (Wildman–Crippen MR) is 88.3 cm³/mol. The molecular weight excluding hydrogens is 300 g/mol. The van der Waals surface area contributed by atoms with Crippen molar-refractivity contribution in [2.24, 2.45) is 0 Å². The SMILES string of the molecule is CCCOc1ccc(C(=O)O)c2sc3ccccc3c(=O)c12. The Morgan fingerprint density at radius 1 is 1.23 bits per heavy atom. The van der Waals surface area contributed by atoms with Gasteiger partial charge < -0.3 is 9.84 Å². The second-order valence-electron chi connectivity index (χ2n) is 4.90. The molecular formula is C17H14O4S. The summed E-state index contributed by atoms with van der Waals surface area (Å²) >= 11 is 1.31. The molecule has 0 aliphatic heterocycles. The quantitative estimate of drug-likeness (QED) is 0.742. The maximum atomic E-state index is 12.8. The van der Waals surface area contributed by atoms with Gasteiger partial charge in [0.25, 0.3) is 0 Å². The van der Waals surface area contributed by atoms with Gasteiger partial charge >= 0.3 is 5.97 Å². The van der Waals surface area contributed by atoms with Gasteiger partial charge in [-0.15, -0.1) is 11.3 Å². The van der Waals surface area contributed by atoms with Gasteiger partial charge in [-0.05, 0) is 30.7 Å². The van der Waals surface area contributed by atoms with Crippen LogP contribution in [0.15, 0.2) is 41.2 Å². The number of carboxylic acids is 1. The second kappa shape index (κ2) is 5.77. The number of carboxylic acid groups (broad SMARTS) is 1. The molecule has 1 N–H and O–H groups in total. The van der Waals surface area contributed by atoms with Crippen LogP contribution in [0, 0.1) is 0 Å². The van der Waals surface area contributed by atoms with Crippen LogP contribution in [-0.4, -0.2) is 17.7 Å². The van der Waals surface area contributed by atoms with E-state index < -0.39 is 5.97 Å². The number of benzene rings is 2. The first-order chi connectivity index (χ1) is 10.6. The molecule has 5 heteroatoms. The minimum Gasteiger partial charge on any atom is -0.493 e. The van der Waals surface area contributed by atoms with E-state index in [1.807, 2.05) is 19.1 Å². The van der Waals surface area contributed by atoms with Gasteiger partial charge in [0.1, 0.15) is 5.75 Å². The van der Waals surface area contributed by atoms with E-state index in [0.717, 1.165) is 11.1 Å². The van der Waals surface area contributed by atoms with Crippen molar-refractivity contribution < 1.29 is 14.6 Å². The number of hydrogen-bond donors (Lipinski definition) is 1. The largest absolute Gasteiger partial charge is 0.493 e. The maximum Gasteiger partial charge on any atom is 0.337 e. The summed E-state index contributed by atoms with van der Waals surface area (Å²) in [5.74, 6) is -0.591. The van der Waals surface area contributed by atoms with Crippen LogP contribution in [0.5, 0.6) is 5.75 Å². The first-order valence-corrected chi connectivity index (χ1v) is 7.79. The molecule has 112 valence electrons. The van der Waals surface area contributed by atoms with Crippen molar-refractivity contribution in [2.45, 2.75) is 13.3 Å². The fourth-order valence-electron chi connectivity index (χ4n) is 2.37. The third-order valence-corrected chi connectivity index (χ3v) is 4.59. The van der Waals surface area contributed by atoms with Gasteiger partial charge in [0.15, 0.2) is 5.43 Å². The van der Waals surface area contributed by atoms with Gasteiger partial charge in [0.2, 0.25) is 0 Å². The summed E-state index contributed by atoms with van der Waals surface area (Å²) in [6.07, 6.45) is 0.813. The van der Waals surface area contributed by atoms with E-state index in [2.05, 4.69) is 0 Å². The van der Waals surface area contributed by atoms with Crippen LogP contribution < -0.4 is 10.2 Å². The first-order valence-electron chi connectivity index (χ1n) is 6.98. The Morgan fingerprint density at radius 2 is 2.00 bits per heavy atom. The molecule has 0 aliphatic carbocycles. The van der Waals surface area contributed by atoms with Gasteiger partial charge in [0.05, 0.1) is 22.3 Å². The van der Waals surface area contributed by atoms with E-state index in [0.29, 0.717) is 27.8 Å². The molecule has 2 aromatic carbocycles. The highest BCUT2D eigenvalue weighted by molar-refractivity contribution is 7.25. The standard InChI is InChI=1S/C17H14O4S/c1-2-9-21-12-8-7-11(17(19)20)16-14(12)15(18)10-5-3-4-6-13(10)22-16/h3-8H,2,9H2,1H3,(H,19,20). The molecule has 0 spiro atoms. The van der Waals surface area contributed by atoms with Crippen molar-refractivity contribution in [1.29, 1.82) is 0 Å². The van der Waals surface area contributed by atoms with E-state index in [4.69, 9.17) is 4.74 Å². The van der Waals surface area contributed by atoms with Crippen LogP contribution in [0.3, 0.4) is 0 Å². The van der Waals surface area contributed by atoms with Crippen LogP contribution in [0.4, 0.5) is 0 Å². The molecule has 3 rings (SSSR count). The summed E-state index contributed by atoms with van der Waals surface area (Å²) in [5.41, 5.74) is -0.0507. The lowest BCUT2D eigenvalue weighted by Gasteiger charge is -2.10. The predicted octanol–water partition coefficient (Wildman–Crippen LogP) is 3.90. The summed E-state index contributed by atoms with van der Waals surface area (Å²) in [4.78, 5) is 24.2. The van der Waals surface area contributed by atoms with Gasteiger partial charge in [-0.25, -0.2) is 4.79 Å². The van der Waals surface area contributed by atoms with Crippen LogP contribution in [0.1, 0.15) is 23.7 Å². The third-order valence-electron chi connectivity index (χ3n) is 3.38. The number of rotatable bonds is 4. The van der Waals surface area contributed by atoms with Crippen LogP contribution >= 0.6 is 11.3 Å². The third kappa shape index (κ3) is 2.33. The molecule has 22 heavy (non-hydrogen) atoms. The van der Waals surface area contributed by atoms with Crippen molar-refractivity contribution in [3.63, 3.8) is 0 Å². The topological polar surface area (TPSA) is 63.6 Å². The van der Waals surface area contributed by atoms with Gasteiger partial charge in [-0.1, -0.05) is 19.1 Å². The average molecular weight is 314 g/mol. The maximum absolute atomic E-state index is 12.8. The molecule has 3 aromatic rings. The number of carbonyl (C=O) groups is 1. The van der Waals surface area contributed by atoms with Gasteiger partial charge in [-0.2, -0.15) is 0 Å². The Morgan fingerprint density at radius 3 is 2.73 bits per heavy atom. The number of fused-ring (bicyclic) bond motifs is 2. The molecule has 0 radical (unpaired) electrons. The lowest BCUT2D eigenvalue weighted by atomic mass is 10.1. The lowest BCUT2D eigenvalue weighted by molar-refractivity contribution is 0.0699. The normalized spacial score (nSPS) is 11.0. The average Bonchev–Trinajstić information content (AvgIpc) is 2.52. The zero-order valence-corrected chi connectivity index (χ0v) is 12.8. The Hall–Kier alpha value is -2.40. The van der Waals surface area contributed by atoms with E-state index in [9.17, 15) is 14.7 Å². The van der Waals surface area contributed by atoms with E-state index in [1.54, 1.807) is 18.2 Å². The summed E-state index contributed by atoms with van der Waals surface area (Å²) in [5, 5.41) is 10.3. The van der Waals surface area contributed by atoms with Crippen LogP contribution in [0.2, 0.25) is 0 Å². The number of ether oxygens (including phenoxy) is 1. The highest BCUT2D eigenvalue weighted by atomic mass is 32.1. The molecule has 0 amide bonds. The molecule has 0 aliphatic rings. The lowest BCUT2D eigenvalue weighted by Crippen LogP contribution is -2.08. The fraction of sp³-hybridized carbons (Fsp3) is 0.176. The summed E-state index contributed by atoms with van der Waals surface area (Å²) < 4.78 is 6.88. The van der Waals surface area contributed by atoms with Gasteiger partial charge in [-0.3, -0.25) is 4.79 Å². The Bertz CT molecular complexity index is 927. The molecule has 0 saturated carbocycles. The van der Waals surface area contributed by atoms with Crippen LogP contribution in [-0.2, 0) is 0 Å². The molecule has 0 unspecified atom stereocenters. The highest BCUT2D eigenvalue weighted by Gasteiger charge is 2.17. The van der Waals surface area contributed by atoms with Crippen molar-refractivity contribution in [2.75, 3.05) is 6.61 Å². The molecule has 0 bridgehead atoms. The summed E-state index contributed by atoms with van der Waals surface area (Å²) in [6.45, 7) is 2.46.